The Morgan fingerprint density at radius 1 is 1.24 bits per heavy atom. The second-order valence-corrected chi connectivity index (χ2v) is 8.70. The van der Waals surface area contributed by atoms with Crippen molar-refractivity contribution in [1.82, 2.24) is 4.31 Å². The summed E-state index contributed by atoms with van der Waals surface area (Å²) in [6.45, 7) is -0.306. The number of aliphatic hydroxyl groups is 1. The van der Waals surface area contributed by atoms with Crippen LogP contribution < -0.4 is 0 Å². The average molecular weight is 358 g/mol. The molecule has 1 aliphatic carbocycles. The van der Waals surface area contributed by atoms with Crippen LogP contribution in [0.4, 0.5) is 0 Å². The monoisotopic (exact) mass is 358 g/mol. The van der Waals surface area contributed by atoms with Crippen molar-refractivity contribution in [2.75, 3.05) is 12.9 Å². The van der Waals surface area contributed by atoms with E-state index in [-0.39, 0.29) is 12.5 Å². The number of rotatable bonds is 3. The third-order valence-electron chi connectivity index (χ3n) is 5.13. The lowest BCUT2D eigenvalue weighted by atomic mass is 9.78. The first-order valence-corrected chi connectivity index (χ1v) is 10.4. The van der Waals surface area contributed by atoms with Crippen LogP contribution in [0.15, 0.2) is 24.3 Å². The molecule has 3 atom stereocenters. The molecule has 5 nitrogen and oxygen atoms in total. The van der Waals surface area contributed by atoms with E-state index >= 15 is 0 Å². The Morgan fingerprint density at radius 2 is 1.88 bits per heavy atom. The van der Waals surface area contributed by atoms with Gasteiger partial charge in [-0.2, -0.15) is 9.57 Å². The van der Waals surface area contributed by atoms with Crippen LogP contribution >= 0.6 is 0 Å². The van der Waals surface area contributed by atoms with Crippen LogP contribution in [-0.2, 0) is 10.0 Å². The van der Waals surface area contributed by atoms with Gasteiger partial charge in [-0.25, -0.2) is 8.42 Å². The van der Waals surface area contributed by atoms with Gasteiger partial charge in [0.1, 0.15) is 6.04 Å². The van der Waals surface area contributed by atoms with Crippen molar-refractivity contribution in [3.63, 3.8) is 0 Å². The van der Waals surface area contributed by atoms with Crippen LogP contribution in [0, 0.1) is 29.1 Å². The van der Waals surface area contributed by atoms with Gasteiger partial charge in [-0.3, -0.25) is 0 Å². The summed E-state index contributed by atoms with van der Waals surface area (Å²) < 4.78 is 24.8. The predicted molar refractivity (Wildman–Crippen MR) is 95.0 cm³/mol. The normalized spacial score (nSPS) is 27.2. The molecule has 0 bridgehead atoms. The summed E-state index contributed by atoms with van der Waals surface area (Å²) in [5.41, 5.74) is 1.78. The number of aliphatic hydroxyl groups excluding tert-OH is 1. The Morgan fingerprint density at radius 3 is 2.40 bits per heavy atom. The van der Waals surface area contributed by atoms with Crippen LogP contribution in [0.25, 0.3) is 0 Å². The zero-order chi connectivity index (χ0) is 18.0. The Balaban J connectivity index is 1.78. The SMILES string of the molecule is CS(=O)(=O)N1[C@H](CO)[C@@H](c2ccc(C#CC3CCCC3)cc2)[C@@H]1C#N. The number of benzene rings is 1. The molecule has 2 aliphatic rings. The fraction of sp³-hybridized carbons (Fsp3) is 0.526. The molecule has 0 unspecified atom stereocenters. The average Bonchev–Trinajstić information content (AvgIpc) is 3.06. The lowest BCUT2D eigenvalue weighted by Crippen LogP contribution is -2.64. The van der Waals surface area contributed by atoms with Crippen molar-refractivity contribution in [3.8, 4) is 17.9 Å². The van der Waals surface area contributed by atoms with Crippen LogP contribution in [0.3, 0.4) is 0 Å². The minimum absolute atomic E-state index is 0.306. The maximum atomic E-state index is 11.8. The van der Waals surface area contributed by atoms with Crippen molar-refractivity contribution in [2.45, 2.75) is 43.7 Å². The number of sulfonamides is 1. The molecule has 1 aromatic rings. The van der Waals surface area contributed by atoms with Crippen LogP contribution in [0.2, 0.25) is 0 Å². The third kappa shape index (κ3) is 3.57. The summed E-state index contributed by atoms with van der Waals surface area (Å²) in [6.07, 6.45) is 5.94. The summed E-state index contributed by atoms with van der Waals surface area (Å²) >= 11 is 0. The fourth-order valence-electron chi connectivity index (χ4n) is 3.86. The molecule has 1 heterocycles. The van der Waals surface area contributed by atoms with Gasteiger partial charge < -0.3 is 5.11 Å². The van der Waals surface area contributed by atoms with Crippen LogP contribution in [0.5, 0.6) is 0 Å². The van der Waals surface area contributed by atoms with Crippen LogP contribution in [0.1, 0.15) is 42.7 Å². The Hall–Kier alpha value is -1.86. The summed E-state index contributed by atoms with van der Waals surface area (Å²) in [5.74, 6) is 6.69. The molecule has 0 aromatic heterocycles. The molecule has 1 saturated carbocycles. The van der Waals surface area contributed by atoms with Gasteiger partial charge in [0.05, 0.1) is 25.0 Å². The third-order valence-corrected chi connectivity index (χ3v) is 6.39. The first kappa shape index (κ1) is 17.9. The van der Waals surface area contributed by atoms with Gasteiger partial charge in [0.15, 0.2) is 0 Å². The molecule has 0 spiro atoms. The van der Waals surface area contributed by atoms with Gasteiger partial charge >= 0.3 is 0 Å². The molecular weight excluding hydrogens is 336 g/mol. The molecule has 25 heavy (non-hydrogen) atoms. The van der Waals surface area contributed by atoms with E-state index < -0.39 is 22.1 Å². The Kier molecular flexibility index (Phi) is 5.15. The van der Waals surface area contributed by atoms with E-state index in [2.05, 4.69) is 17.9 Å². The molecule has 2 fully saturated rings. The summed E-state index contributed by atoms with van der Waals surface area (Å²) in [4.78, 5) is 0. The zero-order valence-electron chi connectivity index (χ0n) is 14.2. The van der Waals surface area contributed by atoms with Gasteiger partial charge in [0.2, 0.25) is 10.0 Å². The summed E-state index contributed by atoms with van der Waals surface area (Å²) in [5, 5.41) is 19.0. The minimum atomic E-state index is -3.53. The number of nitriles is 1. The first-order valence-electron chi connectivity index (χ1n) is 8.56. The second-order valence-electron chi connectivity index (χ2n) is 6.82. The maximum Gasteiger partial charge on any atom is 0.212 e. The molecule has 1 aliphatic heterocycles. The first-order chi connectivity index (χ1) is 12.0. The molecular formula is C19H22N2O3S. The summed E-state index contributed by atoms with van der Waals surface area (Å²) in [7, 11) is -3.53. The maximum absolute atomic E-state index is 11.8. The minimum Gasteiger partial charge on any atom is -0.395 e. The molecule has 1 aromatic carbocycles. The van der Waals surface area contributed by atoms with Gasteiger partial charge in [-0.15, -0.1) is 0 Å². The van der Waals surface area contributed by atoms with E-state index in [4.69, 9.17) is 0 Å². The van der Waals surface area contributed by atoms with E-state index in [1.165, 1.54) is 25.7 Å². The highest BCUT2D eigenvalue weighted by molar-refractivity contribution is 7.88. The lowest BCUT2D eigenvalue weighted by molar-refractivity contribution is 0.0564. The van der Waals surface area contributed by atoms with Crippen molar-refractivity contribution >= 4 is 10.0 Å². The summed E-state index contributed by atoms with van der Waals surface area (Å²) in [6, 6.07) is 8.27. The molecule has 132 valence electrons. The Labute approximate surface area is 149 Å². The van der Waals surface area contributed by atoms with Crippen molar-refractivity contribution in [3.05, 3.63) is 35.4 Å². The lowest BCUT2D eigenvalue weighted by Gasteiger charge is -2.49. The van der Waals surface area contributed by atoms with Gasteiger partial charge in [0.25, 0.3) is 0 Å². The van der Waals surface area contributed by atoms with Crippen molar-refractivity contribution in [1.29, 1.82) is 5.26 Å². The zero-order valence-corrected chi connectivity index (χ0v) is 15.0. The number of nitrogens with zero attached hydrogens (tertiary/aromatic N) is 2. The predicted octanol–water partition coefficient (Wildman–Crippen LogP) is 1.84. The van der Waals surface area contributed by atoms with Crippen molar-refractivity contribution in [2.24, 2.45) is 5.92 Å². The molecule has 6 heteroatoms. The van der Waals surface area contributed by atoms with Gasteiger partial charge in [0, 0.05) is 17.4 Å². The topological polar surface area (TPSA) is 81.4 Å². The quantitative estimate of drug-likeness (QED) is 0.836. The second kappa shape index (κ2) is 7.17. The van der Waals surface area contributed by atoms with Crippen LogP contribution in [-0.4, -0.2) is 42.8 Å². The molecule has 0 radical (unpaired) electrons. The molecule has 1 saturated heterocycles. The fourth-order valence-corrected chi connectivity index (χ4v) is 5.14. The standard InChI is InChI=1S/C19H22N2O3S/c1-25(23,24)21-17(12-20)19(18(21)13-22)16-10-8-15(9-11-16)7-6-14-4-2-3-5-14/h8-11,14,17-19,22H,2-5,13H2,1H3/t17-,18+,19-/m0/s1. The largest absolute Gasteiger partial charge is 0.395 e. The number of hydrogen-bond acceptors (Lipinski definition) is 4. The highest BCUT2D eigenvalue weighted by Gasteiger charge is 2.53. The smallest absolute Gasteiger partial charge is 0.212 e. The molecule has 1 N–H and O–H groups in total. The highest BCUT2D eigenvalue weighted by Crippen LogP contribution is 2.41. The van der Waals surface area contributed by atoms with Gasteiger partial charge in [-0.05, 0) is 30.5 Å². The van der Waals surface area contributed by atoms with E-state index in [0.29, 0.717) is 5.92 Å². The van der Waals surface area contributed by atoms with E-state index in [9.17, 15) is 18.8 Å². The Bertz CT molecular complexity index is 824. The van der Waals surface area contributed by atoms with E-state index in [0.717, 1.165) is 21.7 Å². The van der Waals surface area contributed by atoms with Crippen molar-refractivity contribution < 1.29 is 13.5 Å². The van der Waals surface area contributed by atoms with E-state index in [1.54, 1.807) is 0 Å². The van der Waals surface area contributed by atoms with E-state index in [1.807, 2.05) is 24.3 Å². The molecule has 0 amide bonds. The molecule has 3 rings (SSSR count). The number of hydrogen-bond donors (Lipinski definition) is 1. The highest BCUT2D eigenvalue weighted by atomic mass is 32.2. The van der Waals surface area contributed by atoms with Gasteiger partial charge in [-0.1, -0.05) is 36.8 Å².